The highest BCUT2D eigenvalue weighted by Gasteiger charge is 2.33. The van der Waals surface area contributed by atoms with Crippen molar-refractivity contribution in [2.24, 2.45) is 7.05 Å². The normalized spacial score (nSPS) is 12.6. The molecule has 0 unspecified atom stereocenters. The third kappa shape index (κ3) is 4.15. The minimum Gasteiger partial charge on any atom is -0.487 e. The fourth-order valence-electron chi connectivity index (χ4n) is 3.16. The maximum Gasteiger partial charge on any atom is 0.275 e. The molecule has 28 heavy (non-hydrogen) atoms. The van der Waals surface area contributed by atoms with Gasteiger partial charge in [-0.1, -0.05) is 18.2 Å². The van der Waals surface area contributed by atoms with E-state index in [2.05, 4.69) is 0 Å². The summed E-state index contributed by atoms with van der Waals surface area (Å²) in [4.78, 5) is 13.0. The van der Waals surface area contributed by atoms with Crippen molar-refractivity contribution in [3.8, 4) is 17.5 Å². The van der Waals surface area contributed by atoms with Gasteiger partial charge in [0.15, 0.2) is 0 Å². The Morgan fingerprint density at radius 3 is 2.32 bits per heavy atom. The second-order valence-corrected chi connectivity index (χ2v) is 6.58. The Balaban J connectivity index is 0.000000706. The van der Waals surface area contributed by atoms with Crippen LogP contribution in [0.5, 0.6) is 5.75 Å². The Morgan fingerprint density at radius 1 is 1.14 bits per heavy atom. The Morgan fingerprint density at radius 2 is 1.75 bits per heavy atom. The number of ether oxygens (including phenoxy) is 1. The lowest BCUT2D eigenvalue weighted by Gasteiger charge is -2.11. The van der Waals surface area contributed by atoms with Crippen molar-refractivity contribution in [3.63, 3.8) is 0 Å². The number of halogens is 1. The van der Waals surface area contributed by atoms with E-state index >= 15 is 0 Å². The Hall–Kier alpha value is -3.33. The summed E-state index contributed by atoms with van der Waals surface area (Å²) in [6.07, 6.45) is 2.08. The zero-order valence-electron chi connectivity index (χ0n) is 15.9. The van der Waals surface area contributed by atoms with Gasteiger partial charge in [0.05, 0.1) is 17.5 Å². The first-order valence-corrected chi connectivity index (χ1v) is 9.12. The molecule has 1 saturated carbocycles. The van der Waals surface area contributed by atoms with Crippen molar-refractivity contribution in [1.29, 1.82) is 5.26 Å². The molecule has 144 valence electrons. The molecule has 0 spiro atoms. The predicted molar refractivity (Wildman–Crippen MR) is 105 cm³/mol. The zero-order chi connectivity index (χ0) is 20.1. The molecule has 1 aromatic heterocycles. The zero-order valence-corrected chi connectivity index (χ0v) is 15.9. The number of aromatic nitrogens is 2. The van der Waals surface area contributed by atoms with Crippen molar-refractivity contribution in [2.75, 3.05) is 0 Å². The molecule has 2 aromatic carbocycles. The van der Waals surface area contributed by atoms with Gasteiger partial charge in [-0.3, -0.25) is 9.48 Å². The molecule has 0 aliphatic heterocycles. The lowest BCUT2D eigenvalue weighted by Crippen LogP contribution is -2.20. The van der Waals surface area contributed by atoms with Gasteiger partial charge >= 0.3 is 0 Å². The summed E-state index contributed by atoms with van der Waals surface area (Å²) in [5.74, 6) is 0.604. The minimum atomic E-state index is -0.298. The average molecular weight is 379 g/mol. The third-order valence-corrected chi connectivity index (χ3v) is 4.60. The van der Waals surface area contributed by atoms with Gasteiger partial charge in [0, 0.05) is 19.5 Å². The molecule has 5 nitrogen and oxygen atoms in total. The van der Waals surface area contributed by atoms with Crippen molar-refractivity contribution in [3.05, 3.63) is 82.0 Å². The fraction of sp³-hybridized carbons (Fsp3) is 0.273. The number of rotatable bonds is 5. The molecule has 1 fully saturated rings. The van der Waals surface area contributed by atoms with Gasteiger partial charge in [0.2, 0.25) is 0 Å². The SMILES string of the molecule is CC#N.Cn1c(COc2ccc(F)cc2)c(C2CC2)c(=O)n1-c1ccccc1. The van der Waals surface area contributed by atoms with E-state index in [1.54, 1.807) is 22.9 Å². The number of hydrogen-bond donors (Lipinski definition) is 0. The lowest BCUT2D eigenvalue weighted by molar-refractivity contribution is 0.291. The van der Waals surface area contributed by atoms with Crippen LogP contribution in [0.1, 0.15) is 36.9 Å². The summed E-state index contributed by atoms with van der Waals surface area (Å²) in [5, 5.41) is 7.32. The van der Waals surface area contributed by atoms with Gasteiger partial charge in [-0.25, -0.2) is 9.07 Å². The number of hydrogen-bond acceptors (Lipinski definition) is 3. The Labute approximate surface area is 163 Å². The molecule has 0 amide bonds. The summed E-state index contributed by atoms with van der Waals surface area (Å²) in [5.41, 5.74) is 2.58. The largest absolute Gasteiger partial charge is 0.487 e. The molecule has 0 atom stereocenters. The van der Waals surface area contributed by atoms with E-state index in [4.69, 9.17) is 10.00 Å². The van der Waals surface area contributed by atoms with E-state index in [1.807, 2.05) is 42.1 Å². The van der Waals surface area contributed by atoms with Crippen LogP contribution < -0.4 is 10.3 Å². The third-order valence-electron chi connectivity index (χ3n) is 4.60. The molecule has 1 aliphatic carbocycles. The number of nitriles is 1. The van der Waals surface area contributed by atoms with E-state index in [1.165, 1.54) is 19.1 Å². The molecule has 0 N–H and O–H groups in total. The smallest absolute Gasteiger partial charge is 0.275 e. The number of benzene rings is 2. The van der Waals surface area contributed by atoms with E-state index in [0.29, 0.717) is 11.7 Å². The van der Waals surface area contributed by atoms with Crippen LogP contribution in [0.15, 0.2) is 59.4 Å². The molecule has 3 aromatic rings. The van der Waals surface area contributed by atoms with Crippen molar-refractivity contribution in [2.45, 2.75) is 32.3 Å². The van der Waals surface area contributed by atoms with Gasteiger partial charge in [-0.2, -0.15) is 5.26 Å². The predicted octanol–water partition coefficient (Wildman–Crippen LogP) is 4.30. The molecule has 0 radical (unpaired) electrons. The maximum absolute atomic E-state index is 13.0. The number of para-hydroxylation sites is 1. The highest BCUT2D eigenvalue weighted by Crippen LogP contribution is 2.40. The van der Waals surface area contributed by atoms with Crippen LogP contribution in [0.4, 0.5) is 4.39 Å². The summed E-state index contributed by atoms with van der Waals surface area (Å²) in [6.45, 7) is 1.71. The highest BCUT2D eigenvalue weighted by atomic mass is 19.1. The molecule has 0 saturated heterocycles. The average Bonchev–Trinajstić information content (AvgIpc) is 3.49. The first kappa shape index (κ1) is 19.4. The fourth-order valence-corrected chi connectivity index (χ4v) is 3.16. The first-order chi connectivity index (χ1) is 13.6. The van der Waals surface area contributed by atoms with Crippen molar-refractivity contribution < 1.29 is 9.13 Å². The van der Waals surface area contributed by atoms with E-state index in [0.717, 1.165) is 29.8 Å². The summed E-state index contributed by atoms with van der Waals surface area (Å²) in [7, 11) is 1.88. The standard InChI is InChI=1S/C20H19FN2O2.C2H3N/c1-22-18(13-25-17-11-9-15(21)10-12-17)19(14-7-8-14)20(24)23(22)16-5-3-2-4-6-16;1-2-3/h2-6,9-12,14H,7-8,13H2,1H3;1H3. The van der Waals surface area contributed by atoms with E-state index in [9.17, 15) is 9.18 Å². The van der Waals surface area contributed by atoms with Gasteiger partial charge in [0.25, 0.3) is 5.56 Å². The van der Waals surface area contributed by atoms with Crippen molar-refractivity contribution >= 4 is 0 Å². The molecule has 6 heteroatoms. The molecule has 0 bridgehead atoms. The monoisotopic (exact) mass is 379 g/mol. The van der Waals surface area contributed by atoms with Crippen LogP contribution in [-0.2, 0) is 13.7 Å². The number of nitrogens with zero attached hydrogens (tertiary/aromatic N) is 3. The maximum atomic E-state index is 13.0. The van der Waals surface area contributed by atoms with Crippen LogP contribution in [0, 0.1) is 17.1 Å². The van der Waals surface area contributed by atoms with Crippen LogP contribution in [0.25, 0.3) is 5.69 Å². The summed E-state index contributed by atoms with van der Waals surface area (Å²) >= 11 is 0. The van der Waals surface area contributed by atoms with Gasteiger partial charge in [0.1, 0.15) is 18.2 Å². The van der Waals surface area contributed by atoms with Crippen molar-refractivity contribution in [1.82, 2.24) is 9.36 Å². The lowest BCUT2D eigenvalue weighted by atomic mass is 10.1. The second-order valence-electron chi connectivity index (χ2n) is 6.58. The molecular weight excluding hydrogens is 357 g/mol. The van der Waals surface area contributed by atoms with Crippen LogP contribution in [-0.4, -0.2) is 9.36 Å². The van der Waals surface area contributed by atoms with Gasteiger partial charge in [-0.05, 0) is 55.2 Å². The minimum absolute atomic E-state index is 0.0221. The molecule has 1 heterocycles. The summed E-state index contributed by atoms with van der Waals surface area (Å²) in [6, 6.07) is 17.3. The molecule has 4 rings (SSSR count). The van der Waals surface area contributed by atoms with E-state index < -0.39 is 0 Å². The Kier molecular flexibility index (Phi) is 5.95. The highest BCUT2D eigenvalue weighted by molar-refractivity contribution is 5.36. The van der Waals surface area contributed by atoms with Gasteiger partial charge < -0.3 is 4.74 Å². The topological polar surface area (TPSA) is 60.0 Å². The van der Waals surface area contributed by atoms with E-state index in [-0.39, 0.29) is 18.0 Å². The second kappa shape index (κ2) is 8.57. The quantitative estimate of drug-likeness (QED) is 0.664. The molecular formula is C22H22FN3O2. The van der Waals surface area contributed by atoms with Gasteiger partial charge in [-0.15, -0.1) is 0 Å². The Bertz CT molecular complexity index is 1030. The summed E-state index contributed by atoms with van der Waals surface area (Å²) < 4.78 is 22.4. The molecule has 1 aliphatic rings. The van der Waals surface area contributed by atoms with Crippen LogP contribution in [0.3, 0.4) is 0 Å². The van der Waals surface area contributed by atoms with Crippen LogP contribution >= 0.6 is 0 Å². The van der Waals surface area contributed by atoms with Crippen LogP contribution in [0.2, 0.25) is 0 Å². The first-order valence-electron chi connectivity index (χ1n) is 9.12.